The molecule has 0 unspecified atom stereocenters. The van der Waals surface area contributed by atoms with E-state index < -0.39 is 11.7 Å². The molecule has 94 valence electrons. The fourth-order valence-corrected chi connectivity index (χ4v) is 4.53. The number of hydrogen-bond donors (Lipinski definition) is 1. The summed E-state index contributed by atoms with van der Waals surface area (Å²) in [6.45, 7) is 0. The Morgan fingerprint density at radius 2 is 2.00 bits per heavy atom. The molecule has 0 fully saturated rings. The maximum Gasteiger partial charge on any atom is 0.307 e. The molecule has 1 rings (SSSR count). The highest BCUT2D eigenvalue weighted by atomic mass is 32.9. The number of rotatable bonds is 6. The topological polar surface area (TPSA) is 55.8 Å². The van der Waals surface area contributed by atoms with Crippen molar-refractivity contribution in [1.82, 2.24) is 0 Å². The molecule has 0 aliphatic carbocycles. The molecule has 0 heterocycles. The van der Waals surface area contributed by atoms with Gasteiger partial charge >= 0.3 is 5.97 Å². The highest BCUT2D eigenvalue weighted by Gasteiger charge is 2.19. The van der Waals surface area contributed by atoms with Gasteiger partial charge in [-0.3, -0.25) is 4.79 Å². The maximum absolute atomic E-state index is 10.7. The zero-order chi connectivity index (χ0) is 12.9. The number of hydrogen-bond acceptors (Lipinski definition) is 5. The number of aliphatic carboxylic acids is 1. The van der Waals surface area contributed by atoms with E-state index in [-0.39, 0.29) is 6.42 Å². The van der Waals surface area contributed by atoms with Crippen LogP contribution in [0.4, 0.5) is 0 Å². The van der Waals surface area contributed by atoms with Crippen LogP contribution in [-0.2, 0) is 32.1 Å². The van der Waals surface area contributed by atoms with E-state index in [4.69, 9.17) is 26.0 Å². The van der Waals surface area contributed by atoms with Gasteiger partial charge in [0.25, 0.3) is 5.69 Å². The van der Waals surface area contributed by atoms with Crippen LogP contribution in [-0.4, -0.2) is 25.3 Å². The zero-order valence-corrected chi connectivity index (χ0v) is 12.0. The van der Waals surface area contributed by atoms with Crippen molar-refractivity contribution in [2.24, 2.45) is 0 Å². The van der Waals surface area contributed by atoms with Gasteiger partial charge in [-0.25, -0.2) is 0 Å². The van der Waals surface area contributed by atoms with Crippen LogP contribution in [0.2, 0.25) is 0 Å². The highest BCUT2D eigenvalue weighted by Crippen LogP contribution is 2.63. The number of benzene rings is 1. The molecule has 17 heavy (non-hydrogen) atoms. The molecule has 0 aromatic heterocycles. The Morgan fingerprint density at radius 1 is 1.41 bits per heavy atom. The van der Waals surface area contributed by atoms with E-state index in [9.17, 15) is 4.79 Å². The lowest BCUT2D eigenvalue weighted by atomic mass is 10.1. The molecule has 7 heteroatoms. The third kappa shape index (κ3) is 4.41. The Kier molecular flexibility index (Phi) is 5.62. The number of carbonyl (C=O) groups is 1. The van der Waals surface area contributed by atoms with Crippen LogP contribution < -0.4 is 0 Å². The van der Waals surface area contributed by atoms with Crippen LogP contribution >= 0.6 is 17.1 Å². The molecule has 0 bridgehead atoms. The van der Waals surface area contributed by atoms with Crippen LogP contribution in [0.15, 0.2) is 29.2 Å². The minimum atomic E-state index is -2.42. The van der Waals surface area contributed by atoms with Crippen molar-refractivity contribution in [1.29, 1.82) is 0 Å². The molecule has 0 radical (unpaired) electrons. The molecule has 4 nitrogen and oxygen atoms in total. The quantitative estimate of drug-likeness (QED) is 0.814. The molecule has 0 saturated carbocycles. The highest BCUT2D eigenvalue weighted by molar-refractivity contribution is 8.67. The van der Waals surface area contributed by atoms with Crippen LogP contribution in [0, 0.1) is 0 Å². The standard InChI is InChI=1S/C10H13O4PS2/c1-13-15(16,14-2)17-9-6-4-3-5-8(9)7-10(11)12/h3-6H,7H2,1-2H3,(H,11,12). The molecular formula is C10H13O4PS2. The van der Waals surface area contributed by atoms with Crippen molar-refractivity contribution >= 4 is 34.9 Å². The first-order valence-electron chi connectivity index (χ1n) is 4.71. The summed E-state index contributed by atoms with van der Waals surface area (Å²) in [6.07, 6.45) is -0.0358. The summed E-state index contributed by atoms with van der Waals surface area (Å²) >= 11 is 6.52. The number of carboxylic acids is 1. The van der Waals surface area contributed by atoms with Gasteiger partial charge in [0.1, 0.15) is 0 Å². The molecule has 0 aliphatic rings. The van der Waals surface area contributed by atoms with Crippen molar-refractivity contribution in [2.75, 3.05) is 14.2 Å². The summed E-state index contributed by atoms with van der Waals surface area (Å²) < 4.78 is 10.3. The fraction of sp³-hybridized carbons (Fsp3) is 0.300. The lowest BCUT2D eigenvalue weighted by Crippen LogP contribution is -2.01. The average Bonchev–Trinajstić information content (AvgIpc) is 2.31. The van der Waals surface area contributed by atoms with Crippen molar-refractivity contribution in [3.05, 3.63) is 29.8 Å². The van der Waals surface area contributed by atoms with E-state index in [0.29, 0.717) is 5.56 Å². The lowest BCUT2D eigenvalue weighted by Gasteiger charge is -2.17. The summed E-state index contributed by atoms with van der Waals surface area (Å²) in [6, 6.07) is 7.22. The number of carboxylic acid groups (broad SMARTS) is 1. The van der Waals surface area contributed by atoms with E-state index >= 15 is 0 Å². The first-order chi connectivity index (χ1) is 8.00. The van der Waals surface area contributed by atoms with Crippen LogP contribution in [0.3, 0.4) is 0 Å². The summed E-state index contributed by atoms with van der Waals surface area (Å²) in [5.41, 5.74) is -1.70. The Morgan fingerprint density at radius 3 is 2.53 bits per heavy atom. The Balaban J connectivity index is 2.97. The molecule has 1 aromatic carbocycles. The van der Waals surface area contributed by atoms with Crippen molar-refractivity contribution < 1.29 is 18.9 Å². The molecule has 0 spiro atoms. The molecule has 0 saturated heterocycles. The molecule has 0 amide bonds. The van der Waals surface area contributed by atoms with Gasteiger partial charge in [-0.15, -0.1) is 0 Å². The molecule has 0 atom stereocenters. The predicted octanol–water partition coefficient (Wildman–Crippen LogP) is 2.92. The van der Waals surface area contributed by atoms with Crippen molar-refractivity contribution in [3.8, 4) is 0 Å². The monoisotopic (exact) mass is 292 g/mol. The van der Waals surface area contributed by atoms with Gasteiger partial charge < -0.3 is 14.2 Å². The summed E-state index contributed by atoms with van der Waals surface area (Å²) in [4.78, 5) is 11.5. The summed E-state index contributed by atoms with van der Waals surface area (Å²) in [7, 11) is 2.99. The third-order valence-electron chi connectivity index (χ3n) is 1.97. The van der Waals surface area contributed by atoms with Crippen LogP contribution in [0.5, 0.6) is 0 Å². The van der Waals surface area contributed by atoms with Gasteiger partial charge in [0, 0.05) is 19.1 Å². The largest absolute Gasteiger partial charge is 0.481 e. The maximum atomic E-state index is 10.7. The first-order valence-corrected chi connectivity index (χ1v) is 8.77. The van der Waals surface area contributed by atoms with E-state index in [0.717, 1.165) is 4.90 Å². The smallest absolute Gasteiger partial charge is 0.307 e. The minimum Gasteiger partial charge on any atom is -0.481 e. The van der Waals surface area contributed by atoms with Crippen LogP contribution in [0.1, 0.15) is 5.56 Å². The Labute approximate surface area is 109 Å². The van der Waals surface area contributed by atoms with Gasteiger partial charge in [0.2, 0.25) is 0 Å². The van der Waals surface area contributed by atoms with E-state index in [1.54, 1.807) is 12.1 Å². The van der Waals surface area contributed by atoms with Gasteiger partial charge in [-0.05, 0) is 34.8 Å². The predicted molar refractivity (Wildman–Crippen MR) is 71.9 cm³/mol. The average molecular weight is 292 g/mol. The van der Waals surface area contributed by atoms with E-state index in [2.05, 4.69) is 0 Å². The van der Waals surface area contributed by atoms with Gasteiger partial charge in [0.05, 0.1) is 6.42 Å². The molecule has 1 N–H and O–H groups in total. The van der Waals surface area contributed by atoms with Gasteiger partial charge in [0.15, 0.2) is 0 Å². The minimum absolute atomic E-state index is 0.0358. The first kappa shape index (κ1) is 14.7. The Hall–Kier alpha value is -0.390. The summed E-state index contributed by atoms with van der Waals surface area (Å²) in [5.74, 6) is -0.874. The summed E-state index contributed by atoms with van der Waals surface area (Å²) in [5, 5.41) is 8.82. The molecular weight excluding hydrogens is 279 g/mol. The van der Waals surface area contributed by atoms with Crippen molar-refractivity contribution in [2.45, 2.75) is 11.3 Å². The second-order valence-electron chi connectivity index (χ2n) is 3.08. The van der Waals surface area contributed by atoms with Crippen molar-refractivity contribution in [3.63, 3.8) is 0 Å². The van der Waals surface area contributed by atoms with E-state index in [1.165, 1.54) is 25.6 Å². The van der Waals surface area contributed by atoms with E-state index in [1.807, 2.05) is 12.1 Å². The molecule has 0 aliphatic heterocycles. The van der Waals surface area contributed by atoms with Gasteiger partial charge in [-0.1, -0.05) is 18.2 Å². The van der Waals surface area contributed by atoms with Gasteiger partial charge in [-0.2, -0.15) is 0 Å². The van der Waals surface area contributed by atoms with Crippen LogP contribution in [0.25, 0.3) is 0 Å². The zero-order valence-electron chi connectivity index (χ0n) is 9.45. The Bertz CT molecular complexity index is 442. The normalized spacial score (nSPS) is 11.4. The third-order valence-corrected chi connectivity index (χ3v) is 7.41. The second kappa shape index (κ2) is 6.52. The second-order valence-corrected chi connectivity index (χ2v) is 9.45. The fourth-order valence-electron chi connectivity index (χ4n) is 1.17. The molecule has 1 aromatic rings. The lowest BCUT2D eigenvalue weighted by molar-refractivity contribution is -0.136. The SMILES string of the molecule is COP(=S)(OC)Sc1ccccc1CC(=O)O.